The van der Waals surface area contributed by atoms with E-state index in [1.165, 1.54) is 36.4 Å². The fourth-order valence-corrected chi connectivity index (χ4v) is 6.95. The minimum Gasteiger partial charge on any atom is -0.353 e. The van der Waals surface area contributed by atoms with Gasteiger partial charge in [-0.2, -0.15) is 4.31 Å². The average Bonchev–Trinajstić information content (AvgIpc) is 2.75. The molecule has 1 N–H and O–H groups in total. The number of amides is 1. The summed E-state index contributed by atoms with van der Waals surface area (Å²) in [7, 11) is -3.90. The van der Waals surface area contributed by atoms with Gasteiger partial charge in [0.15, 0.2) is 11.6 Å². The highest BCUT2D eigenvalue weighted by molar-refractivity contribution is 7.89. The van der Waals surface area contributed by atoms with E-state index in [0.717, 1.165) is 36.8 Å². The second-order valence-corrected chi connectivity index (χ2v) is 11.0. The lowest BCUT2D eigenvalue weighted by Gasteiger charge is -2.40. The maximum Gasteiger partial charge on any atom is 0.243 e. The van der Waals surface area contributed by atoms with Crippen molar-refractivity contribution in [1.29, 1.82) is 0 Å². The Balaban J connectivity index is 1.30. The molecule has 0 aromatic heterocycles. The molecule has 0 spiro atoms. The molecule has 0 bridgehead atoms. The largest absolute Gasteiger partial charge is 0.353 e. The van der Waals surface area contributed by atoms with Crippen LogP contribution in [0.1, 0.15) is 57.8 Å². The zero-order valence-electron chi connectivity index (χ0n) is 17.2. The van der Waals surface area contributed by atoms with Crippen LogP contribution in [0.15, 0.2) is 23.1 Å². The van der Waals surface area contributed by atoms with Gasteiger partial charge in [0.05, 0.1) is 4.90 Å². The van der Waals surface area contributed by atoms with E-state index in [1.54, 1.807) is 0 Å². The van der Waals surface area contributed by atoms with E-state index in [-0.39, 0.29) is 35.9 Å². The Morgan fingerprint density at radius 1 is 0.933 bits per heavy atom. The Morgan fingerprint density at radius 3 is 2.33 bits per heavy atom. The maximum atomic E-state index is 13.5. The van der Waals surface area contributed by atoms with Gasteiger partial charge in [-0.25, -0.2) is 17.2 Å². The molecule has 3 aliphatic rings. The topological polar surface area (TPSA) is 66.5 Å². The summed E-state index contributed by atoms with van der Waals surface area (Å²) in [6.45, 7) is 0.406. The molecule has 4 rings (SSSR count). The van der Waals surface area contributed by atoms with Crippen molar-refractivity contribution < 1.29 is 22.0 Å². The first kappa shape index (κ1) is 21.7. The number of fused-ring (bicyclic) bond motifs is 1. The zero-order chi connectivity index (χ0) is 21.3. The molecule has 2 aliphatic carbocycles. The van der Waals surface area contributed by atoms with Crippen LogP contribution >= 0.6 is 0 Å². The van der Waals surface area contributed by atoms with Crippen LogP contribution in [0, 0.1) is 29.4 Å². The molecule has 2 saturated carbocycles. The minimum atomic E-state index is -3.90. The summed E-state index contributed by atoms with van der Waals surface area (Å²) in [6, 6.07) is 2.85. The third-order valence-corrected chi connectivity index (χ3v) is 9.13. The van der Waals surface area contributed by atoms with E-state index >= 15 is 0 Å². The number of benzene rings is 1. The maximum absolute atomic E-state index is 13.5. The number of sulfonamides is 1. The second-order valence-electron chi connectivity index (χ2n) is 9.08. The van der Waals surface area contributed by atoms with Crippen LogP contribution in [0.5, 0.6) is 0 Å². The first-order chi connectivity index (χ1) is 14.3. The van der Waals surface area contributed by atoms with Crippen LogP contribution in [0.25, 0.3) is 0 Å². The lowest BCUT2D eigenvalue weighted by atomic mass is 9.69. The van der Waals surface area contributed by atoms with Crippen molar-refractivity contribution in [2.45, 2.75) is 68.7 Å². The summed E-state index contributed by atoms with van der Waals surface area (Å²) < 4.78 is 53.3. The van der Waals surface area contributed by atoms with E-state index in [9.17, 15) is 22.0 Å². The number of rotatable bonds is 4. The molecule has 1 heterocycles. The summed E-state index contributed by atoms with van der Waals surface area (Å²) in [6.07, 6.45) is 9.42. The smallest absolute Gasteiger partial charge is 0.243 e. The number of hydrogen-bond donors (Lipinski definition) is 1. The number of halogens is 2. The number of piperidine rings is 1. The van der Waals surface area contributed by atoms with Gasteiger partial charge in [-0.15, -0.1) is 0 Å². The van der Waals surface area contributed by atoms with E-state index in [2.05, 4.69) is 5.32 Å². The van der Waals surface area contributed by atoms with Crippen LogP contribution in [0.4, 0.5) is 8.78 Å². The molecule has 1 amide bonds. The molecule has 3 atom stereocenters. The summed E-state index contributed by atoms with van der Waals surface area (Å²) in [5.41, 5.74) is 0. The fraction of sp³-hybridized carbons (Fsp3) is 0.682. The molecule has 0 unspecified atom stereocenters. The highest BCUT2D eigenvalue weighted by Crippen LogP contribution is 2.40. The standard InChI is InChI=1S/C22H30F2N2O3S/c23-20-8-7-19(14-21(20)24)30(28,29)26-11-9-16(10-12-26)22(27)25-18-6-5-15-3-1-2-4-17(15)13-18/h7-8,14-18H,1-6,9-13H2,(H,25,27)/t15-,17-,18+/m0/s1. The van der Waals surface area contributed by atoms with Crippen LogP contribution in [-0.2, 0) is 14.8 Å². The minimum absolute atomic E-state index is 0.0270. The lowest BCUT2D eigenvalue weighted by Crippen LogP contribution is -2.47. The first-order valence-corrected chi connectivity index (χ1v) is 12.5. The monoisotopic (exact) mass is 440 g/mol. The van der Waals surface area contributed by atoms with Crippen molar-refractivity contribution in [2.24, 2.45) is 17.8 Å². The molecule has 3 fully saturated rings. The molecular weight excluding hydrogens is 410 g/mol. The van der Waals surface area contributed by atoms with Gasteiger partial charge in [-0.3, -0.25) is 4.79 Å². The average molecular weight is 441 g/mol. The fourth-order valence-electron chi connectivity index (χ4n) is 5.47. The van der Waals surface area contributed by atoms with Crippen molar-refractivity contribution >= 4 is 15.9 Å². The van der Waals surface area contributed by atoms with E-state index in [0.29, 0.717) is 18.9 Å². The van der Waals surface area contributed by atoms with E-state index < -0.39 is 21.7 Å². The number of nitrogens with zero attached hydrogens (tertiary/aromatic N) is 1. The Morgan fingerprint density at radius 2 is 1.63 bits per heavy atom. The molecule has 1 aromatic carbocycles. The number of carbonyl (C=O) groups is 1. The molecule has 1 aliphatic heterocycles. The molecule has 5 nitrogen and oxygen atoms in total. The number of hydrogen-bond acceptors (Lipinski definition) is 3. The highest BCUT2D eigenvalue weighted by atomic mass is 32.2. The summed E-state index contributed by atoms with van der Waals surface area (Å²) in [5, 5.41) is 3.22. The van der Waals surface area contributed by atoms with Crippen LogP contribution < -0.4 is 5.32 Å². The SMILES string of the molecule is O=C(N[C@@H]1CC[C@@H]2CCCC[C@H]2C1)C1CCN(S(=O)(=O)c2ccc(F)c(F)c2)CC1. The third kappa shape index (κ3) is 4.54. The van der Waals surface area contributed by atoms with Gasteiger partial charge in [-0.1, -0.05) is 25.7 Å². The summed E-state index contributed by atoms with van der Waals surface area (Å²) in [5.74, 6) is -0.869. The number of carbonyl (C=O) groups excluding carboxylic acids is 1. The van der Waals surface area contributed by atoms with Gasteiger partial charge in [0.25, 0.3) is 0 Å². The van der Waals surface area contributed by atoms with Gasteiger partial charge < -0.3 is 5.32 Å². The number of nitrogens with one attached hydrogen (secondary N) is 1. The summed E-state index contributed by atoms with van der Waals surface area (Å²) >= 11 is 0. The van der Waals surface area contributed by atoms with E-state index in [1.807, 2.05) is 0 Å². The van der Waals surface area contributed by atoms with E-state index in [4.69, 9.17) is 0 Å². The van der Waals surface area contributed by atoms with Crippen molar-refractivity contribution in [2.75, 3.05) is 13.1 Å². The first-order valence-electron chi connectivity index (χ1n) is 11.1. The van der Waals surface area contributed by atoms with Gasteiger partial charge in [0.1, 0.15) is 0 Å². The predicted molar refractivity (Wildman–Crippen MR) is 109 cm³/mol. The van der Waals surface area contributed by atoms with Crippen molar-refractivity contribution in [3.05, 3.63) is 29.8 Å². The van der Waals surface area contributed by atoms with Crippen molar-refractivity contribution in [3.63, 3.8) is 0 Å². The molecule has 8 heteroatoms. The van der Waals surface area contributed by atoms with Crippen LogP contribution in [-0.4, -0.2) is 37.8 Å². The van der Waals surface area contributed by atoms with Gasteiger partial charge in [0.2, 0.25) is 15.9 Å². The van der Waals surface area contributed by atoms with Gasteiger partial charge in [0, 0.05) is 25.0 Å². The highest BCUT2D eigenvalue weighted by Gasteiger charge is 2.36. The normalized spacial score (nSPS) is 28.7. The Kier molecular flexibility index (Phi) is 6.44. The Hall–Kier alpha value is -1.54. The second kappa shape index (κ2) is 8.91. The Bertz CT molecular complexity index is 884. The van der Waals surface area contributed by atoms with Gasteiger partial charge >= 0.3 is 0 Å². The van der Waals surface area contributed by atoms with Crippen molar-refractivity contribution in [1.82, 2.24) is 9.62 Å². The summed E-state index contributed by atoms with van der Waals surface area (Å²) in [4.78, 5) is 12.5. The predicted octanol–water partition coefficient (Wildman–Crippen LogP) is 3.84. The van der Waals surface area contributed by atoms with Crippen LogP contribution in [0.3, 0.4) is 0 Å². The Labute approximate surface area is 177 Å². The quantitative estimate of drug-likeness (QED) is 0.774. The third-order valence-electron chi connectivity index (χ3n) is 7.24. The zero-order valence-corrected chi connectivity index (χ0v) is 18.0. The van der Waals surface area contributed by atoms with Crippen molar-refractivity contribution in [3.8, 4) is 0 Å². The molecule has 1 aromatic rings. The van der Waals surface area contributed by atoms with Gasteiger partial charge in [-0.05, 0) is 62.1 Å². The molecule has 0 radical (unpaired) electrons. The molecule has 166 valence electrons. The van der Waals surface area contributed by atoms with Crippen LogP contribution in [0.2, 0.25) is 0 Å². The molecule has 1 saturated heterocycles. The molecule has 30 heavy (non-hydrogen) atoms. The molecular formula is C22H30F2N2O3S. The lowest BCUT2D eigenvalue weighted by molar-refractivity contribution is -0.127.